The molecule has 2 amide bonds. The van der Waals surface area contributed by atoms with Gasteiger partial charge >= 0.3 is 12.5 Å². The van der Waals surface area contributed by atoms with Crippen molar-refractivity contribution in [2.24, 2.45) is 0 Å². The number of rotatable bonds is 7. The van der Waals surface area contributed by atoms with E-state index < -0.39 is 29.7 Å². The van der Waals surface area contributed by atoms with Crippen molar-refractivity contribution in [3.8, 4) is 5.75 Å². The Morgan fingerprint density at radius 3 is 2.31 bits per heavy atom. The molecule has 1 aliphatic heterocycles. The summed E-state index contributed by atoms with van der Waals surface area (Å²) in [6, 6.07) is 7.64. The molecule has 0 bridgehead atoms. The van der Waals surface area contributed by atoms with Crippen LogP contribution < -0.4 is 15.0 Å². The Bertz CT molecular complexity index is 1200. The van der Waals surface area contributed by atoms with Gasteiger partial charge in [0.15, 0.2) is 5.75 Å². The number of halogens is 5. The molecule has 2 aromatic rings. The van der Waals surface area contributed by atoms with Gasteiger partial charge in [0.2, 0.25) is 0 Å². The van der Waals surface area contributed by atoms with E-state index >= 15 is 0 Å². The van der Waals surface area contributed by atoms with Crippen LogP contribution in [0.25, 0.3) is 0 Å². The Morgan fingerprint density at radius 1 is 1.05 bits per heavy atom. The molecule has 2 aromatic carbocycles. The van der Waals surface area contributed by atoms with Gasteiger partial charge in [0.1, 0.15) is 5.60 Å². The first kappa shape index (κ1) is 31.0. The predicted octanol–water partition coefficient (Wildman–Crippen LogP) is 6.99. The summed E-state index contributed by atoms with van der Waals surface area (Å²) in [5.74, 6) is -0.419. The molecule has 0 aliphatic carbocycles. The number of nitrogens with zero attached hydrogens (tertiary/aromatic N) is 2. The maximum atomic E-state index is 13.3. The number of ether oxygens (including phenoxy) is 2. The molecule has 0 saturated carbocycles. The highest BCUT2D eigenvalue weighted by molar-refractivity contribution is 7.99. The highest BCUT2D eigenvalue weighted by atomic mass is 35.5. The van der Waals surface area contributed by atoms with E-state index in [0.29, 0.717) is 5.02 Å². The van der Waals surface area contributed by atoms with Crippen LogP contribution in [0.5, 0.6) is 5.75 Å². The molecule has 3 rings (SSSR count). The van der Waals surface area contributed by atoms with E-state index in [4.69, 9.17) is 27.9 Å². The van der Waals surface area contributed by atoms with Gasteiger partial charge in [-0.1, -0.05) is 30.1 Å². The Balaban J connectivity index is 1.80. The molecule has 1 heterocycles. The van der Waals surface area contributed by atoms with E-state index in [2.05, 4.69) is 10.1 Å². The fourth-order valence-corrected chi connectivity index (χ4v) is 5.23. The molecule has 214 valence electrons. The number of piperazine rings is 1. The minimum atomic E-state index is -5.02. The molecule has 13 heteroatoms. The fraction of sp³-hybridized carbons (Fsp3) is 0.462. The van der Waals surface area contributed by atoms with Gasteiger partial charge in [-0.25, -0.2) is 4.79 Å². The van der Waals surface area contributed by atoms with Gasteiger partial charge in [0.05, 0.1) is 10.7 Å². The largest absolute Gasteiger partial charge is 0.573 e. The summed E-state index contributed by atoms with van der Waals surface area (Å²) >= 11 is 14.1. The maximum absolute atomic E-state index is 13.3. The lowest BCUT2D eigenvalue weighted by atomic mass is 10.1. The third kappa shape index (κ3) is 9.01. The molecule has 1 N–H and O–H groups in total. The average Bonchev–Trinajstić information content (AvgIpc) is 2.82. The Morgan fingerprint density at radius 2 is 1.72 bits per heavy atom. The lowest BCUT2D eigenvalue weighted by Gasteiger charge is -2.37. The van der Waals surface area contributed by atoms with Gasteiger partial charge in [-0.2, -0.15) is 0 Å². The maximum Gasteiger partial charge on any atom is 0.573 e. The lowest BCUT2D eigenvalue weighted by Crippen LogP contribution is -2.50. The van der Waals surface area contributed by atoms with E-state index in [-0.39, 0.29) is 49.0 Å². The van der Waals surface area contributed by atoms with Crippen LogP contribution in [0.4, 0.5) is 23.7 Å². The number of carbonyl (C=O) groups is 2. The Labute approximate surface area is 239 Å². The molecule has 1 fully saturated rings. The molecule has 0 radical (unpaired) electrons. The summed E-state index contributed by atoms with van der Waals surface area (Å²) in [4.78, 5) is 29.3. The first-order valence-corrected chi connectivity index (χ1v) is 13.9. The van der Waals surface area contributed by atoms with Crippen molar-refractivity contribution in [1.29, 1.82) is 0 Å². The first-order valence-electron chi connectivity index (χ1n) is 12.2. The Kier molecular flexibility index (Phi) is 10.2. The monoisotopic (exact) mass is 607 g/mol. The number of carbonyl (C=O) groups excluding carboxylic acids is 2. The van der Waals surface area contributed by atoms with E-state index in [1.165, 1.54) is 11.0 Å². The minimum absolute atomic E-state index is 0.00847. The first-order chi connectivity index (χ1) is 18.2. The van der Waals surface area contributed by atoms with E-state index in [1.54, 1.807) is 49.6 Å². The lowest BCUT2D eigenvalue weighted by molar-refractivity contribution is -0.274. The van der Waals surface area contributed by atoms with E-state index in [0.717, 1.165) is 22.3 Å². The van der Waals surface area contributed by atoms with Crippen LogP contribution in [-0.4, -0.2) is 60.8 Å². The molecule has 0 aromatic heterocycles. The summed E-state index contributed by atoms with van der Waals surface area (Å²) in [6.45, 7) is 8.13. The molecule has 0 unspecified atom stereocenters. The van der Waals surface area contributed by atoms with Gasteiger partial charge in [-0.05, 0) is 62.4 Å². The van der Waals surface area contributed by atoms with E-state index in [1.807, 2.05) is 13.0 Å². The quantitative estimate of drug-likeness (QED) is 0.342. The standard InChI is InChI=1S/C26H30Cl2F3N3O4S/c1-5-39-21-7-6-18(27)12-17(21)15-32-23(35)16-13-19(28)22(20(14-16)37-26(29,30)31)33-8-10-34(11-9-33)24(36)38-25(2,3)4/h6-7,12-14H,5,8-11,15H2,1-4H3,(H,32,35). The van der Waals surface area contributed by atoms with Crippen LogP contribution in [0.15, 0.2) is 35.2 Å². The molecular weight excluding hydrogens is 578 g/mol. The van der Waals surface area contributed by atoms with Crippen molar-refractivity contribution in [2.75, 3.05) is 36.8 Å². The molecule has 0 spiro atoms. The predicted molar refractivity (Wildman–Crippen MR) is 147 cm³/mol. The van der Waals surface area contributed by atoms with Gasteiger partial charge in [0, 0.05) is 48.2 Å². The van der Waals surface area contributed by atoms with Crippen LogP contribution in [0.2, 0.25) is 10.0 Å². The SMILES string of the molecule is CCSc1ccc(Cl)cc1CNC(=O)c1cc(Cl)c(N2CCN(C(=O)OC(C)(C)C)CC2)c(OC(F)(F)F)c1. The molecule has 1 saturated heterocycles. The number of amides is 2. The molecular formula is C26H30Cl2F3N3O4S. The van der Waals surface area contributed by atoms with Crippen molar-refractivity contribution in [1.82, 2.24) is 10.2 Å². The van der Waals surface area contributed by atoms with Crippen molar-refractivity contribution >= 4 is 52.7 Å². The normalized spacial score (nSPS) is 14.3. The summed E-state index contributed by atoms with van der Waals surface area (Å²) in [5, 5.41) is 3.13. The summed E-state index contributed by atoms with van der Waals surface area (Å²) in [5.41, 5.74) is -0.00169. The zero-order valence-corrected chi connectivity index (χ0v) is 24.3. The second kappa shape index (κ2) is 12.8. The van der Waals surface area contributed by atoms with Gasteiger partial charge in [-0.3, -0.25) is 4.79 Å². The number of anilines is 1. The van der Waals surface area contributed by atoms with Crippen molar-refractivity contribution in [2.45, 2.75) is 51.1 Å². The van der Waals surface area contributed by atoms with Crippen LogP contribution >= 0.6 is 35.0 Å². The van der Waals surface area contributed by atoms with Gasteiger partial charge in [0.25, 0.3) is 5.91 Å². The Hall–Kier alpha value is -2.50. The zero-order chi connectivity index (χ0) is 29.0. The minimum Gasteiger partial charge on any atom is -0.444 e. The third-order valence-electron chi connectivity index (χ3n) is 5.53. The van der Waals surface area contributed by atoms with Gasteiger partial charge < -0.3 is 24.6 Å². The number of hydrogen-bond donors (Lipinski definition) is 1. The number of hydrogen-bond acceptors (Lipinski definition) is 6. The second-order valence-corrected chi connectivity index (χ2v) is 11.8. The number of benzene rings is 2. The summed E-state index contributed by atoms with van der Waals surface area (Å²) in [7, 11) is 0. The second-order valence-electron chi connectivity index (χ2n) is 9.67. The number of nitrogens with one attached hydrogen (secondary N) is 1. The summed E-state index contributed by atoms with van der Waals surface area (Å²) in [6.07, 6.45) is -5.52. The van der Waals surface area contributed by atoms with Crippen LogP contribution in [0.3, 0.4) is 0 Å². The summed E-state index contributed by atoms with van der Waals surface area (Å²) < 4.78 is 49.7. The fourth-order valence-electron chi connectivity index (χ4n) is 3.91. The zero-order valence-electron chi connectivity index (χ0n) is 22.0. The molecule has 7 nitrogen and oxygen atoms in total. The van der Waals surface area contributed by atoms with Crippen molar-refractivity contribution < 1.29 is 32.2 Å². The van der Waals surface area contributed by atoms with Gasteiger partial charge in [-0.15, -0.1) is 24.9 Å². The molecule has 1 aliphatic rings. The van der Waals surface area contributed by atoms with Crippen LogP contribution in [-0.2, 0) is 11.3 Å². The smallest absolute Gasteiger partial charge is 0.444 e. The van der Waals surface area contributed by atoms with Crippen LogP contribution in [0, 0.1) is 0 Å². The highest BCUT2D eigenvalue weighted by Gasteiger charge is 2.35. The number of alkyl halides is 3. The topological polar surface area (TPSA) is 71.1 Å². The molecule has 0 atom stereocenters. The number of thioether (sulfide) groups is 1. The van der Waals surface area contributed by atoms with Crippen LogP contribution in [0.1, 0.15) is 43.6 Å². The molecule has 39 heavy (non-hydrogen) atoms. The highest BCUT2D eigenvalue weighted by Crippen LogP contribution is 2.40. The van der Waals surface area contributed by atoms with Crippen molar-refractivity contribution in [3.63, 3.8) is 0 Å². The average molecular weight is 609 g/mol. The van der Waals surface area contributed by atoms with E-state index in [9.17, 15) is 22.8 Å². The van der Waals surface area contributed by atoms with Crippen molar-refractivity contribution in [3.05, 3.63) is 51.5 Å². The third-order valence-corrected chi connectivity index (χ3v) is 7.05.